The first-order valence-electron chi connectivity index (χ1n) is 3.43. The molecule has 0 amide bonds. The Hall–Kier alpha value is -1.42. The smallest absolute Gasteiger partial charge is 0.162 e. The second-order valence-electron chi connectivity index (χ2n) is 2.26. The lowest BCUT2D eigenvalue weighted by Crippen LogP contribution is -1.90. The van der Waals surface area contributed by atoms with Crippen molar-refractivity contribution >= 4 is 17.6 Å². The molecule has 0 saturated carbocycles. The minimum absolute atomic E-state index is 0.730. The summed E-state index contributed by atoms with van der Waals surface area (Å²) in [6.45, 7) is 0. The maximum atomic E-state index is 10.6. The van der Waals surface area contributed by atoms with E-state index in [-0.39, 0.29) is 0 Å². The van der Waals surface area contributed by atoms with E-state index < -0.39 is 0 Å². The van der Waals surface area contributed by atoms with E-state index in [9.17, 15) is 4.79 Å². The van der Waals surface area contributed by atoms with E-state index in [1.807, 2.05) is 22.2 Å². The summed E-state index contributed by atoms with van der Waals surface area (Å²) in [4.78, 5) is 15.2. The minimum Gasteiger partial charge on any atom is -0.305 e. The molecule has 0 saturated heterocycles. The number of imidazole rings is 1. The molecule has 60 valence electrons. The van der Waals surface area contributed by atoms with Crippen molar-refractivity contribution in [1.29, 1.82) is 0 Å². The fraction of sp³-hybridized carbons (Fsp3) is 0. The van der Waals surface area contributed by atoms with Gasteiger partial charge in [0.05, 0.1) is 16.9 Å². The maximum Gasteiger partial charge on any atom is 0.162 e. The van der Waals surface area contributed by atoms with Crippen LogP contribution in [0.15, 0.2) is 30.2 Å². The highest BCUT2D eigenvalue weighted by Crippen LogP contribution is 2.18. The van der Waals surface area contributed by atoms with E-state index >= 15 is 0 Å². The number of hydrogen-bond donors (Lipinski definition) is 0. The first-order chi connectivity index (χ1) is 5.92. The van der Waals surface area contributed by atoms with Crippen LogP contribution < -0.4 is 0 Å². The lowest BCUT2D eigenvalue weighted by molar-refractivity contribution is 0.112. The minimum atomic E-state index is 0.730. The van der Waals surface area contributed by atoms with Gasteiger partial charge >= 0.3 is 0 Å². The predicted octanol–water partition coefficient (Wildman–Crippen LogP) is 1.75. The zero-order chi connectivity index (χ0) is 8.39. The summed E-state index contributed by atoms with van der Waals surface area (Å²) in [6.07, 6.45) is 6.04. The molecule has 0 aliphatic rings. The van der Waals surface area contributed by atoms with E-state index in [2.05, 4.69) is 4.98 Å². The summed E-state index contributed by atoms with van der Waals surface area (Å²) >= 11 is 1.43. The summed E-state index contributed by atoms with van der Waals surface area (Å²) < 4.78 is 1.82. The topological polar surface area (TPSA) is 34.9 Å². The van der Waals surface area contributed by atoms with Crippen LogP contribution >= 0.6 is 11.3 Å². The number of hydrogen-bond acceptors (Lipinski definition) is 3. The second-order valence-corrected chi connectivity index (χ2v) is 3.21. The van der Waals surface area contributed by atoms with Crippen LogP contribution in [0.1, 0.15) is 9.67 Å². The summed E-state index contributed by atoms with van der Waals surface area (Å²) in [6, 6.07) is 1.90. The van der Waals surface area contributed by atoms with Gasteiger partial charge in [-0.3, -0.25) is 4.79 Å². The lowest BCUT2D eigenvalue weighted by Gasteiger charge is -1.96. The molecule has 0 fully saturated rings. The predicted molar refractivity (Wildman–Crippen MR) is 46.8 cm³/mol. The highest BCUT2D eigenvalue weighted by atomic mass is 32.1. The quantitative estimate of drug-likeness (QED) is 0.656. The molecular formula is C8H6N2OS. The average molecular weight is 178 g/mol. The maximum absolute atomic E-state index is 10.6. The van der Waals surface area contributed by atoms with Crippen LogP contribution in [0.2, 0.25) is 0 Å². The molecule has 3 nitrogen and oxygen atoms in total. The highest BCUT2D eigenvalue weighted by molar-refractivity contribution is 7.12. The van der Waals surface area contributed by atoms with Crippen molar-refractivity contribution < 1.29 is 4.79 Å². The van der Waals surface area contributed by atoms with Crippen LogP contribution in [-0.4, -0.2) is 15.8 Å². The standard InChI is InChI=1S/C8H6N2OS/c11-5-8-7(1-4-12-8)10-3-2-9-6-10/h1-6H. The Kier molecular flexibility index (Phi) is 1.75. The van der Waals surface area contributed by atoms with Gasteiger partial charge in [0, 0.05) is 12.4 Å². The molecule has 2 rings (SSSR count). The molecule has 0 atom stereocenters. The first kappa shape index (κ1) is 7.24. The zero-order valence-electron chi connectivity index (χ0n) is 6.18. The van der Waals surface area contributed by atoms with Crippen molar-refractivity contribution in [3.63, 3.8) is 0 Å². The number of carbonyl (C=O) groups is 1. The monoisotopic (exact) mass is 178 g/mol. The van der Waals surface area contributed by atoms with Crippen LogP contribution in [0, 0.1) is 0 Å². The molecule has 4 heteroatoms. The first-order valence-corrected chi connectivity index (χ1v) is 4.31. The van der Waals surface area contributed by atoms with E-state index in [0.717, 1.165) is 16.9 Å². The molecule has 2 heterocycles. The summed E-state index contributed by atoms with van der Waals surface area (Å²) in [5.41, 5.74) is 0.896. The summed E-state index contributed by atoms with van der Waals surface area (Å²) in [5, 5.41) is 1.89. The molecule has 2 aromatic rings. The normalized spacial score (nSPS) is 10.0. The molecule has 0 radical (unpaired) electrons. The lowest BCUT2D eigenvalue weighted by atomic mass is 10.4. The van der Waals surface area contributed by atoms with Crippen LogP contribution in [0.4, 0.5) is 0 Å². The van der Waals surface area contributed by atoms with Crippen LogP contribution in [0.5, 0.6) is 0 Å². The molecule has 0 unspecified atom stereocenters. The molecule has 0 bridgehead atoms. The molecule has 2 aromatic heterocycles. The molecule has 0 aliphatic heterocycles. The average Bonchev–Trinajstić information content (AvgIpc) is 2.74. The molecule has 0 aliphatic carbocycles. The van der Waals surface area contributed by atoms with Crippen molar-refractivity contribution in [3.8, 4) is 5.69 Å². The molecule has 12 heavy (non-hydrogen) atoms. The fourth-order valence-electron chi connectivity index (χ4n) is 1.02. The van der Waals surface area contributed by atoms with Gasteiger partial charge < -0.3 is 4.57 Å². The highest BCUT2D eigenvalue weighted by Gasteiger charge is 2.03. The van der Waals surface area contributed by atoms with Crippen LogP contribution in [0.25, 0.3) is 5.69 Å². The fourth-order valence-corrected chi connectivity index (χ4v) is 1.71. The van der Waals surface area contributed by atoms with E-state index in [1.165, 1.54) is 11.3 Å². The van der Waals surface area contributed by atoms with Gasteiger partial charge in [0.15, 0.2) is 6.29 Å². The number of aldehydes is 1. The summed E-state index contributed by atoms with van der Waals surface area (Å²) in [7, 11) is 0. The van der Waals surface area contributed by atoms with E-state index in [0.29, 0.717) is 0 Å². The number of rotatable bonds is 2. The SMILES string of the molecule is O=Cc1sccc1-n1ccnc1. The molecule has 0 spiro atoms. The van der Waals surface area contributed by atoms with Crippen molar-refractivity contribution in [2.45, 2.75) is 0 Å². The van der Waals surface area contributed by atoms with Gasteiger partial charge in [0.2, 0.25) is 0 Å². The van der Waals surface area contributed by atoms with Gasteiger partial charge in [-0.15, -0.1) is 11.3 Å². The van der Waals surface area contributed by atoms with Crippen molar-refractivity contribution in [2.75, 3.05) is 0 Å². The van der Waals surface area contributed by atoms with Gasteiger partial charge in [-0.1, -0.05) is 0 Å². The third-order valence-corrected chi connectivity index (χ3v) is 2.39. The Labute approximate surface area is 73.3 Å². The van der Waals surface area contributed by atoms with E-state index in [1.54, 1.807) is 12.5 Å². The van der Waals surface area contributed by atoms with Crippen molar-refractivity contribution in [2.24, 2.45) is 0 Å². The van der Waals surface area contributed by atoms with Crippen LogP contribution in [0.3, 0.4) is 0 Å². The summed E-state index contributed by atoms with van der Waals surface area (Å²) in [5.74, 6) is 0. The Morgan fingerprint density at radius 2 is 2.50 bits per heavy atom. The Morgan fingerprint density at radius 1 is 1.58 bits per heavy atom. The Morgan fingerprint density at radius 3 is 3.17 bits per heavy atom. The van der Waals surface area contributed by atoms with Crippen LogP contribution in [-0.2, 0) is 0 Å². The Bertz CT molecular complexity index is 377. The van der Waals surface area contributed by atoms with Crippen molar-refractivity contribution in [3.05, 3.63) is 35.0 Å². The number of carbonyl (C=O) groups excluding carboxylic acids is 1. The van der Waals surface area contributed by atoms with Crippen molar-refractivity contribution in [1.82, 2.24) is 9.55 Å². The third kappa shape index (κ3) is 1.06. The van der Waals surface area contributed by atoms with Gasteiger partial charge in [-0.25, -0.2) is 4.98 Å². The largest absolute Gasteiger partial charge is 0.305 e. The second kappa shape index (κ2) is 2.91. The molecule has 0 N–H and O–H groups in total. The third-order valence-electron chi connectivity index (χ3n) is 1.56. The Balaban J connectivity index is 2.53. The van der Waals surface area contributed by atoms with Gasteiger partial charge in [-0.2, -0.15) is 0 Å². The van der Waals surface area contributed by atoms with E-state index in [4.69, 9.17) is 0 Å². The number of thiophene rings is 1. The number of nitrogens with zero attached hydrogens (tertiary/aromatic N) is 2. The zero-order valence-corrected chi connectivity index (χ0v) is 6.99. The molecular weight excluding hydrogens is 172 g/mol. The molecule has 0 aromatic carbocycles. The van der Waals surface area contributed by atoms with Gasteiger partial charge in [0.1, 0.15) is 0 Å². The number of aromatic nitrogens is 2. The van der Waals surface area contributed by atoms with Gasteiger partial charge in [0.25, 0.3) is 0 Å². The van der Waals surface area contributed by atoms with Gasteiger partial charge in [-0.05, 0) is 11.4 Å².